The van der Waals surface area contributed by atoms with Crippen molar-refractivity contribution in [1.82, 2.24) is 10.2 Å². The first-order valence-electron chi connectivity index (χ1n) is 13.1. The Morgan fingerprint density at radius 2 is 1.63 bits per heavy atom. The number of nitrogens with zero attached hydrogens (tertiary/aromatic N) is 3. The Balaban J connectivity index is 2.08. The van der Waals surface area contributed by atoms with Crippen LogP contribution in [0.2, 0.25) is 5.02 Å². The van der Waals surface area contributed by atoms with E-state index in [9.17, 15) is 28.1 Å². The molecule has 0 aliphatic rings. The van der Waals surface area contributed by atoms with Gasteiger partial charge in [-0.1, -0.05) is 61.8 Å². The van der Waals surface area contributed by atoms with Gasteiger partial charge in [0.05, 0.1) is 15.5 Å². The number of benzene rings is 3. The van der Waals surface area contributed by atoms with Gasteiger partial charge in [-0.2, -0.15) is 0 Å². The molecule has 0 aliphatic heterocycles. The molecule has 1 N–H and O–H groups in total. The maximum absolute atomic E-state index is 14.0. The number of hydrogen-bond donors (Lipinski definition) is 1. The third-order valence-corrected chi connectivity index (χ3v) is 8.63. The maximum atomic E-state index is 14.0. The Hall–Kier alpha value is -3.96. The van der Waals surface area contributed by atoms with Crippen LogP contribution in [0.5, 0.6) is 0 Å². The topological polar surface area (TPSA) is 130 Å². The molecular weight excluding hydrogens is 568 g/mol. The van der Waals surface area contributed by atoms with Gasteiger partial charge in [-0.25, -0.2) is 8.42 Å². The minimum Gasteiger partial charge on any atom is -0.352 e. The molecule has 2 atom stereocenters. The van der Waals surface area contributed by atoms with Crippen LogP contribution >= 0.6 is 11.6 Å². The van der Waals surface area contributed by atoms with E-state index in [1.807, 2.05) is 13.8 Å². The normalized spacial score (nSPS) is 12.7. The Morgan fingerprint density at radius 3 is 2.22 bits per heavy atom. The van der Waals surface area contributed by atoms with Crippen LogP contribution in [0.25, 0.3) is 0 Å². The molecule has 3 rings (SSSR count). The molecular formula is C29H33ClN4O6S. The molecule has 0 aromatic heterocycles. The number of halogens is 1. The number of non-ortho nitro benzene ring substituents is 1. The zero-order valence-corrected chi connectivity index (χ0v) is 24.6. The lowest BCUT2D eigenvalue weighted by atomic mass is 10.1. The summed E-state index contributed by atoms with van der Waals surface area (Å²) in [7, 11) is -4.33. The summed E-state index contributed by atoms with van der Waals surface area (Å²) in [6, 6.07) is 18.3. The SMILES string of the molecule is CC[C@@H](C)NC(=O)[C@@H](CC)N(Cc1ccc(Cl)cc1)C(=O)CN(c1cccc([N+](=O)[O-])c1)S(=O)(=O)c1ccccc1. The van der Waals surface area contributed by atoms with Crippen LogP contribution in [0.1, 0.15) is 39.2 Å². The highest BCUT2D eigenvalue weighted by molar-refractivity contribution is 7.92. The van der Waals surface area contributed by atoms with Crippen LogP contribution in [-0.4, -0.2) is 48.7 Å². The highest BCUT2D eigenvalue weighted by atomic mass is 35.5. The van der Waals surface area contributed by atoms with Gasteiger partial charge in [0.1, 0.15) is 12.6 Å². The minimum absolute atomic E-state index is 0.0105. The van der Waals surface area contributed by atoms with Crippen molar-refractivity contribution in [3.8, 4) is 0 Å². The molecule has 10 nitrogen and oxygen atoms in total. The standard InChI is InChI=1S/C29H33ClN4O6S/c1-4-21(3)31-29(36)27(5-2)32(19-22-14-16-23(30)17-15-22)28(35)20-33(24-10-9-11-25(18-24)34(37)38)41(39,40)26-12-7-6-8-13-26/h6-18,21,27H,4-5,19-20H2,1-3H3,(H,31,36)/t21-,27-/m1/s1. The summed E-state index contributed by atoms with van der Waals surface area (Å²) in [5, 5.41) is 14.9. The van der Waals surface area contributed by atoms with Gasteiger partial charge in [0.25, 0.3) is 15.7 Å². The summed E-state index contributed by atoms with van der Waals surface area (Å²) in [4.78, 5) is 39.4. The first-order chi connectivity index (χ1) is 19.5. The highest BCUT2D eigenvalue weighted by Gasteiger charge is 2.34. The van der Waals surface area contributed by atoms with Crippen molar-refractivity contribution in [2.75, 3.05) is 10.8 Å². The van der Waals surface area contributed by atoms with E-state index >= 15 is 0 Å². The fourth-order valence-electron chi connectivity index (χ4n) is 4.16. The third kappa shape index (κ3) is 8.05. The van der Waals surface area contributed by atoms with Gasteiger partial charge in [0.15, 0.2) is 0 Å². The zero-order chi connectivity index (χ0) is 30.2. The molecule has 0 radical (unpaired) electrons. The van der Waals surface area contributed by atoms with E-state index in [0.29, 0.717) is 17.0 Å². The van der Waals surface area contributed by atoms with Crippen molar-refractivity contribution >= 4 is 44.8 Å². The van der Waals surface area contributed by atoms with Crippen molar-refractivity contribution < 1.29 is 22.9 Å². The predicted octanol–water partition coefficient (Wildman–Crippen LogP) is 5.17. The van der Waals surface area contributed by atoms with Gasteiger partial charge in [-0.05, 0) is 55.7 Å². The number of hydrogen-bond acceptors (Lipinski definition) is 6. The van der Waals surface area contributed by atoms with Gasteiger partial charge in [0.2, 0.25) is 11.8 Å². The average molecular weight is 601 g/mol. The summed E-state index contributed by atoms with van der Waals surface area (Å²) in [6.45, 7) is 4.86. The fourth-order valence-corrected chi connectivity index (χ4v) is 5.71. The number of nitro benzene ring substituents is 1. The molecule has 0 unspecified atom stereocenters. The lowest BCUT2D eigenvalue weighted by Gasteiger charge is -2.33. The van der Waals surface area contributed by atoms with Crippen molar-refractivity contribution in [2.24, 2.45) is 0 Å². The molecule has 0 saturated carbocycles. The van der Waals surface area contributed by atoms with Crippen LogP contribution in [-0.2, 0) is 26.2 Å². The summed E-state index contributed by atoms with van der Waals surface area (Å²) in [5.41, 5.74) is 0.297. The largest absolute Gasteiger partial charge is 0.352 e. The molecule has 0 spiro atoms. The first-order valence-corrected chi connectivity index (χ1v) is 15.0. The van der Waals surface area contributed by atoms with Gasteiger partial charge in [-0.15, -0.1) is 0 Å². The van der Waals surface area contributed by atoms with E-state index in [2.05, 4.69) is 5.32 Å². The van der Waals surface area contributed by atoms with Crippen LogP contribution < -0.4 is 9.62 Å². The van der Waals surface area contributed by atoms with E-state index in [1.54, 1.807) is 49.4 Å². The van der Waals surface area contributed by atoms with Crippen LogP contribution in [0.4, 0.5) is 11.4 Å². The van der Waals surface area contributed by atoms with Gasteiger partial charge in [-0.3, -0.25) is 24.0 Å². The molecule has 0 aliphatic carbocycles. The van der Waals surface area contributed by atoms with Crippen molar-refractivity contribution in [3.05, 3.63) is 99.6 Å². The number of rotatable bonds is 13. The molecule has 0 saturated heterocycles. The summed E-state index contributed by atoms with van der Waals surface area (Å²) in [6.07, 6.45) is 0.951. The molecule has 0 heterocycles. The van der Waals surface area contributed by atoms with E-state index < -0.39 is 33.4 Å². The second kappa shape index (κ2) is 14.1. The number of nitro groups is 1. The predicted molar refractivity (Wildman–Crippen MR) is 158 cm³/mol. The average Bonchev–Trinajstić information content (AvgIpc) is 2.97. The molecule has 3 aromatic carbocycles. The van der Waals surface area contributed by atoms with E-state index in [4.69, 9.17) is 11.6 Å². The second-order valence-electron chi connectivity index (χ2n) is 9.49. The number of amides is 2. The highest BCUT2D eigenvalue weighted by Crippen LogP contribution is 2.28. The Morgan fingerprint density at radius 1 is 0.976 bits per heavy atom. The van der Waals surface area contributed by atoms with E-state index in [1.165, 1.54) is 35.2 Å². The van der Waals surface area contributed by atoms with Crippen molar-refractivity contribution in [3.63, 3.8) is 0 Å². The second-order valence-corrected chi connectivity index (χ2v) is 11.8. The van der Waals surface area contributed by atoms with E-state index in [0.717, 1.165) is 10.4 Å². The van der Waals surface area contributed by atoms with Crippen LogP contribution in [0.3, 0.4) is 0 Å². The number of sulfonamides is 1. The zero-order valence-electron chi connectivity index (χ0n) is 23.1. The lowest BCUT2D eigenvalue weighted by Crippen LogP contribution is -2.53. The molecule has 0 fully saturated rings. The third-order valence-electron chi connectivity index (χ3n) is 6.59. The molecule has 3 aromatic rings. The summed E-state index contributed by atoms with van der Waals surface area (Å²) < 4.78 is 28.5. The Kier molecular flexibility index (Phi) is 10.8. The van der Waals surface area contributed by atoms with Gasteiger partial charge < -0.3 is 10.2 Å². The molecule has 218 valence electrons. The summed E-state index contributed by atoms with van der Waals surface area (Å²) in [5.74, 6) is -1.02. The van der Waals surface area contributed by atoms with Crippen LogP contribution in [0, 0.1) is 10.1 Å². The van der Waals surface area contributed by atoms with Gasteiger partial charge >= 0.3 is 0 Å². The number of carbonyl (C=O) groups is 2. The Bertz CT molecular complexity index is 1470. The lowest BCUT2D eigenvalue weighted by molar-refractivity contribution is -0.384. The van der Waals surface area contributed by atoms with E-state index in [-0.39, 0.29) is 41.2 Å². The summed E-state index contributed by atoms with van der Waals surface area (Å²) >= 11 is 6.04. The smallest absolute Gasteiger partial charge is 0.271 e. The number of carbonyl (C=O) groups excluding carboxylic acids is 2. The Labute approximate surface area is 245 Å². The maximum Gasteiger partial charge on any atom is 0.271 e. The number of nitrogens with one attached hydrogen (secondary N) is 1. The molecule has 0 bridgehead atoms. The van der Waals surface area contributed by atoms with Gasteiger partial charge in [0, 0.05) is 29.7 Å². The fraction of sp³-hybridized carbons (Fsp3) is 0.310. The quantitative estimate of drug-likeness (QED) is 0.213. The molecule has 41 heavy (non-hydrogen) atoms. The first kappa shape index (κ1) is 31.6. The van der Waals surface area contributed by atoms with Crippen molar-refractivity contribution in [2.45, 2.75) is 57.1 Å². The van der Waals surface area contributed by atoms with Crippen molar-refractivity contribution in [1.29, 1.82) is 0 Å². The van der Waals surface area contributed by atoms with Crippen LogP contribution in [0.15, 0.2) is 83.8 Å². The molecule has 2 amide bonds. The minimum atomic E-state index is -4.33. The molecule has 12 heteroatoms. The monoisotopic (exact) mass is 600 g/mol. The number of anilines is 1.